The van der Waals surface area contributed by atoms with Crippen LogP contribution < -0.4 is 10.5 Å². The first-order valence-electron chi connectivity index (χ1n) is 5.07. The fourth-order valence-corrected chi connectivity index (χ4v) is 2.06. The summed E-state index contributed by atoms with van der Waals surface area (Å²) in [6, 6.07) is 6.16. The lowest BCUT2D eigenvalue weighted by Gasteiger charge is -2.08. The normalized spacial score (nSPS) is 10.4. The molecule has 0 atom stereocenters. The molecule has 0 bridgehead atoms. The molecule has 0 spiro atoms. The van der Waals surface area contributed by atoms with Gasteiger partial charge in [0.2, 0.25) is 5.88 Å². The van der Waals surface area contributed by atoms with Crippen LogP contribution in [0.15, 0.2) is 34.9 Å². The van der Waals surface area contributed by atoms with Crippen LogP contribution in [0.25, 0.3) is 0 Å². The number of rotatable bonds is 3. The Morgan fingerprint density at radius 1 is 1.39 bits per heavy atom. The first-order chi connectivity index (χ1) is 8.60. The van der Waals surface area contributed by atoms with Crippen LogP contribution in [0.5, 0.6) is 11.6 Å². The Morgan fingerprint density at radius 3 is 2.78 bits per heavy atom. The van der Waals surface area contributed by atoms with Crippen molar-refractivity contribution in [1.29, 1.82) is 0 Å². The minimum atomic E-state index is -0.485. The second-order valence-corrected chi connectivity index (χ2v) is 4.80. The number of hydrogen-bond acceptors (Lipinski definition) is 3. The lowest BCUT2D eigenvalue weighted by Crippen LogP contribution is -1.98. The Kier molecular flexibility index (Phi) is 4.16. The summed E-state index contributed by atoms with van der Waals surface area (Å²) in [5.41, 5.74) is 6.12. The molecule has 0 aliphatic carbocycles. The zero-order valence-electron chi connectivity index (χ0n) is 9.16. The lowest BCUT2D eigenvalue weighted by molar-refractivity contribution is 0.424. The van der Waals surface area contributed by atoms with Gasteiger partial charge in [-0.2, -0.15) is 0 Å². The van der Waals surface area contributed by atoms with E-state index in [0.717, 1.165) is 0 Å². The van der Waals surface area contributed by atoms with Gasteiger partial charge in [0.05, 0.1) is 9.50 Å². The van der Waals surface area contributed by atoms with Crippen molar-refractivity contribution >= 4 is 27.5 Å². The number of nitrogens with two attached hydrogens (primary N) is 1. The standard InChI is InChI=1S/C12H9BrClFN2O/c13-9-4-8(14)6-17-12(9)18-11-2-1-7(5-16)3-10(11)15/h1-4,6H,5,16H2. The smallest absolute Gasteiger partial charge is 0.233 e. The van der Waals surface area contributed by atoms with Crippen LogP contribution in [0, 0.1) is 5.82 Å². The van der Waals surface area contributed by atoms with E-state index in [9.17, 15) is 4.39 Å². The van der Waals surface area contributed by atoms with Crippen molar-refractivity contribution in [2.24, 2.45) is 5.73 Å². The summed E-state index contributed by atoms with van der Waals surface area (Å²) in [5, 5.41) is 0.466. The van der Waals surface area contributed by atoms with Crippen LogP contribution in [0.4, 0.5) is 4.39 Å². The second kappa shape index (κ2) is 5.65. The van der Waals surface area contributed by atoms with E-state index in [1.54, 1.807) is 12.1 Å². The van der Waals surface area contributed by atoms with Crippen LogP contribution in [0.1, 0.15) is 5.56 Å². The molecule has 0 aliphatic rings. The number of benzene rings is 1. The Labute approximate surface area is 117 Å². The molecule has 0 saturated heterocycles. The number of pyridine rings is 1. The quantitative estimate of drug-likeness (QED) is 0.928. The van der Waals surface area contributed by atoms with Crippen molar-refractivity contribution in [1.82, 2.24) is 4.98 Å². The Balaban J connectivity index is 2.28. The molecular weight excluding hydrogens is 322 g/mol. The highest BCUT2D eigenvalue weighted by Crippen LogP contribution is 2.30. The molecular formula is C12H9BrClFN2O. The largest absolute Gasteiger partial charge is 0.435 e. The van der Waals surface area contributed by atoms with Gasteiger partial charge in [-0.25, -0.2) is 9.37 Å². The zero-order valence-corrected chi connectivity index (χ0v) is 11.5. The maximum absolute atomic E-state index is 13.7. The SMILES string of the molecule is NCc1ccc(Oc2ncc(Cl)cc2Br)c(F)c1. The van der Waals surface area contributed by atoms with E-state index in [1.807, 2.05) is 0 Å². The third-order valence-corrected chi connectivity index (χ3v) is 2.99. The fraction of sp³-hybridized carbons (Fsp3) is 0.0833. The van der Waals surface area contributed by atoms with Crippen molar-refractivity contribution in [3.8, 4) is 11.6 Å². The number of halogens is 3. The summed E-state index contributed by atoms with van der Waals surface area (Å²) in [6.07, 6.45) is 1.42. The van der Waals surface area contributed by atoms with Crippen LogP contribution in [0.3, 0.4) is 0 Å². The summed E-state index contributed by atoms with van der Waals surface area (Å²) < 4.78 is 19.6. The third-order valence-electron chi connectivity index (χ3n) is 2.21. The maximum atomic E-state index is 13.7. The van der Waals surface area contributed by atoms with Crippen molar-refractivity contribution in [2.75, 3.05) is 0 Å². The first kappa shape index (κ1) is 13.3. The molecule has 0 unspecified atom stereocenters. The van der Waals surface area contributed by atoms with Gasteiger partial charge >= 0.3 is 0 Å². The Hall–Kier alpha value is -1.17. The molecule has 3 nitrogen and oxygen atoms in total. The minimum absolute atomic E-state index is 0.0859. The van der Waals surface area contributed by atoms with Crippen LogP contribution >= 0.6 is 27.5 Å². The van der Waals surface area contributed by atoms with Gasteiger partial charge in [-0.1, -0.05) is 17.7 Å². The van der Waals surface area contributed by atoms with Crippen molar-refractivity contribution in [2.45, 2.75) is 6.54 Å². The van der Waals surface area contributed by atoms with Gasteiger partial charge in [0, 0.05) is 12.7 Å². The van der Waals surface area contributed by atoms with Crippen LogP contribution in [0.2, 0.25) is 5.02 Å². The van der Waals surface area contributed by atoms with E-state index in [1.165, 1.54) is 18.3 Å². The predicted molar refractivity (Wildman–Crippen MR) is 71.3 cm³/mol. The molecule has 0 radical (unpaired) electrons. The van der Waals surface area contributed by atoms with E-state index < -0.39 is 5.82 Å². The molecule has 0 aliphatic heterocycles. The predicted octanol–water partition coefficient (Wildman–Crippen LogP) is 3.89. The maximum Gasteiger partial charge on any atom is 0.233 e. The van der Waals surface area contributed by atoms with E-state index in [0.29, 0.717) is 15.1 Å². The van der Waals surface area contributed by atoms with Gasteiger partial charge < -0.3 is 10.5 Å². The van der Waals surface area contributed by atoms with Gasteiger partial charge in [0.25, 0.3) is 0 Å². The number of ether oxygens (including phenoxy) is 1. The van der Waals surface area contributed by atoms with E-state index >= 15 is 0 Å². The zero-order chi connectivity index (χ0) is 13.1. The summed E-state index contributed by atoms with van der Waals surface area (Å²) in [4.78, 5) is 3.96. The Bertz CT molecular complexity index is 580. The van der Waals surface area contributed by atoms with Gasteiger partial charge in [0.15, 0.2) is 11.6 Å². The highest BCUT2D eigenvalue weighted by molar-refractivity contribution is 9.10. The molecule has 1 heterocycles. The molecule has 0 amide bonds. The van der Waals surface area contributed by atoms with E-state index in [4.69, 9.17) is 22.1 Å². The third kappa shape index (κ3) is 2.98. The number of hydrogen-bond donors (Lipinski definition) is 1. The molecule has 2 aromatic rings. The average Bonchev–Trinajstić information content (AvgIpc) is 2.34. The fourth-order valence-electron chi connectivity index (χ4n) is 1.34. The molecule has 6 heteroatoms. The van der Waals surface area contributed by atoms with Crippen molar-refractivity contribution in [3.63, 3.8) is 0 Å². The topological polar surface area (TPSA) is 48.1 Å². The summed E-state index contributed by atoms with van der Waals surface area (Å²) in [5.74, 6) is -0.150. The van der Waals surface area contributed by atoms with Crippen LogP contribution in [-0.4, -0.2) is 4.98 Å². The summed E-state index contributed by atoms with van der Waals surface area (Å²) >= 11 is 9.00. The van der Waals surface area contributed by atoms with Gasteiger partial charge in [-0.3, -0.25) is 0 Å². The molecule has 1 aromatic carbocycles. The molecule has 2 rings (SSSR count). The van der Waals surface area contributed by atoms with E-state index in [-0.39, 0.29) is 18.2 Å². The first-order valence-corrected chi connectivity index (χ1v) is 6.24. The number of aromatic nitrogens is 1. The molecule has 1 aromatic heterocycles. The van der Waals surface area contributed by atoms with Gasteiger partial charge in [-0.15, -0.1) is 0 Å². The minimum Gasteiger partial charge on any atom is -0.435 e. The summed E-state index contributed by atoms with van der Waals surface area (Å²) in [6.45, 7) is 0.278. The van der Waals surface area contributed by atoms with Crippen LogP contribution in [-0.2, 0) is 6.54 Å². The highest BCUT2D eigenvalue weighted by Gasteiger charge is 2.09. The second-order valence-electron chi connectivity index (χ2n) is 3.51. The van der Waals surface area contributed by atoms with Gasteiger partial charge in [0.1, 0.15) is 0 Å². The van der Waals surface area contributed by atoms with E-state index in [2.05, 4.69) is 20.9 Å². The lowest BCUT2D eigenvalue weighted by atomic mass is 10.2. The molecule has 0 fully saturated rings. The van der Waals surface area contributed by atoms with Crippen molar-refractivity contribution in [3.05, 3.63) is 51.3 Å². The molecule has 0 saturated carbocycles. The Morgan fingerprint density at radius 2 is 2.17 bits per heavy atom. The van der Waals surface area contributed by atoms with Crippen molar-refractivity contribution < 1.29 is 9.13 Å². The molecule has 94 valence electrons. The monoisotopic (exact) mass is 330 g/mol. The highest BCUT2D eigenvalue weighted by atomic mass is 79.9. The van der Waals surface area contributed by atoms with Gasteiger partial charge in [-0.05, 0) is 39.7 Å². The summed E-state index contributed by atoms with van der Waals surface area (Å²) in [7, 11) is 0. The average molecular weight is 332 g/mol. The molecule has 18 heavy (non-hydrogen) atoms. The number of nitrogens with zero attached hydrogens (tertiary/aromatic N) is 1. The molecule has 2 N–H and O–H groups in total.